The smallest absolute Gasteiger partial charge is 0.255 e. The molecule has 1 aromatic rings. The molecule has 0 fully saturated rings. The van der Waals surface area contributed by atoms with Crippen molar-refractivity contribution in [2.45, 2.75) is 6.43 Å². The molecule has 0 aliphatic carbocycles. The molecule has 1 rings (SSSR count). The molecule has 0 aromatic carbocycles. The lowest BCUT2D eigenvalue weighted by Crippen LogP contribution is -2.31. The number of hydrogen-bond donors (Lipinski definition) is 0. The highest BCUT2D eigenvalue weighted by atomic mass is 19.3. The molecule has 0 saturated carbocycles. The molecule has 1 aromatic heterocycles. The first-order valence-corrected chi connectivity index (χ1v) is 4.16. The molecule has 0 spiro atoms. The van der Waals surface area contributed by atoms with Gasteiger partial charge in [0.1, 0.15) is 0 Å². The molecule has 0 saturated heterocycles. The van der Waals surface area contributed by atoms with Crippen LogP contribution in [0.2, 0.25) is 0 Å². The van der Waals surface area contributed by atoms with E-state index in [2.05, 4.69) is 4.98 Å². The lowest BCUT2D eigenvalue weighted by molar-refractivity contribution is 0.0620. The van der Waals surface area contributed by atoms with E-state index in [0.717, 1.165) is 17.2 Å². The summed E-state index contributed by atoms with van der Waals surface area (Å²) in [5, 5.41) is 0. The standard InChI is InChI=1S/C9H9F3N2O/c1-14(5-7(10)11)9(15)6-2-3-13-8(12)4-6/h2-4,7H,5H2,1H3. The van der Waals surface area contributed by atoms with E-state index in [0.29, 0.717) is 0 Å². The fourth-order valence-electron chi connectivity index (χ4n) is 1.05. The van der Waals surface area contributed by atoms with Gasteiger partial charge in [-0.25, -0.2) is 13.8 Å². The number of aromatic nitrogens is 1. The Morgan fingerprint density at radius 2 is 2.27 bits per heavy atom. The fourth-order valence-corrected chi connectivity index (χ4v) is 1.05. The molecule has 1 amide bonds. The van der Waals surface area contributed by atoms with E-state index in [1.807, 2.05) is 0 Å². The lowest BCUT2D eigenvalue weighted by Gasteiger charge is -2.16. The number of carbonyl (C=O) groups is 1. The van der Waals surface area contributed by atoms with Crippen molar-refractivity contribution in [1.29, 1.82) is 0 Å². The second kappa shape index (κ2) is 4.77. The van der Waals surface area contributed by atoms with Crippen molar-refractivity contribution in [1.82, 2.24) is 9.88 Å². The predicted octanol–water partition coefficient (Wildman–Crippen LogP) is 1.56. The third-order valence-electron chi connectivity index (χ3n) is 1.73. The van der Waals surface area contributed by atoms with Crippen molar-refractivity contribution in [2.24, 2.45) is 0 Å². The Balaban J connectivity index is 2.76. The van der Waals surface area contributed by atoms with Crippen LogP contribution in [0.15, 0.2) is 18.3 Å². The monoisotopic (exact) mass is 218 g/mol. The molecule has 3 nitrogen and oxygen atoms in total. The zero-order valence-corrected chi connectivity index (χ0v) is 7.95. The van der Waals surface area contributed by atoms with E-state index in [1.165, 1.54) is 13.1 Å². The van der Waals surface area contributed by atoms with Crippen molar-refractivity contribution in [3.8, 4) is 0 Å². The van der Waals surface area contributed by atoms with E-state index < -0.39 is 24.8 Å². The molecule has 0 bridgehead atoms. The maximum absolute atomic E-state index is 12.6. The molecule has 1 heterocycles. The van der Waals surface area contributed by atoms with Gasteiger partial charge in [-0.2, -0.15) is 4.39 Å². The molecule has 0 aliphatic heterocycles. The lowest BCUT2D eigenvalue weighted by atomic mass is 10.2. The van der Waals surface area contributed by atoms with Crippen molar-refractivity contribution >= 4 is 5.91 Å². The number of nitrogens with zero attached hydrogens (tertiary/aromatic N) is 2. The first-order chi connectivity index (χ1) is 7.00. The van der Waals surface area contributed by atoms with Crippen LogP contribution in [-0.4, -0.2) is 35.8 Å². The van der Waals surface area contributed by atoms with Crippen molar-refractivity contribution < 1.29 is 18.0 Å². The summed E-state index contributed by atoms with van der Waals surface area (Å²) in [6, 6.07) is 2.18. The number of amides is 1. The van der Waals surface area contributed by atoms with Gasteiger partial charge in [-0.1, -0.05) is 0 Å². The van der Waals surface area contributed by atoms with Crippen molar-refractivity contribution in [3.05, 3.63) is 29.8 Å². The number of halogens is 3. The van der Waals surface area contributed by atoms with Gasteiger partial charge in [0.15, 0.2) is 0 Å². The molecule has 0 radical (unpaired) electrons. The van der Waals surface area contributed by atoms with E-state index in [1.54, 1.807) is 0 Å². The van der Waals surface area contributed by atoms with Gasteiger partial charge in [-0.05, 0) is 6.07 Å². The number of alkyl halides is 2. The van der Waals surface area contributed by atoms with Gasteiger partial charge >= 0.3 is 0 Å². The molecule has 0 N–H and O–H groups in total. The minimum Gasteiger partial charge on any atom is -0.336 e. The normalized spacial score (nSPS) is 10.5. The van der Waals surface area contributed by atoms with Gasteiger partial charge in [0.25, 0.3) is 12.3 Å². The predicted molar refractivity (Wildman–Crippen MR) is 47.2 cm³/mol. The van der Waals surface area contributed by atoms with Crippen LogP contribution in [0.5, 0.6) is 0 Å². The van der Waals surface area contributed by atoms with Crippen molar-refractivity contribution in [2.75, 3.05) is 13.6 Å². The first-order valence-electron chi connectivity index (χ1n) is 4.16. The summed E-state index contributed by atoms with van der Waals surface area (Å²) < 4.78 is 36.5. The summed E-state index contributed by atoms with van der Waals surface area (Å²) in [6.07, 6.45) is -1.50. The third-order valence-corrected chi connectivity index (χ3v) is 1.73. The highest BCUT2D eigenvalue weighted by Crippen LogP contribution is 2.06. The Morgan fingerprint density at radius 1 is 1.60 bits per heavy atom. The Morgan fingerprint density at radius 3 is 2.80 bits per heavy atom. The zero-order valence-electron chi connectivity index (χ0n) is 7.95. The number of hydrogen-bond acceptors (Lipinski definition) is 2. The Labute approximate surface area is 84.5 Å². The van der Waals surface area contributed by atoms with Crippen LogP contribution in [0.1, 0.15) is 10.4 Å². The van der Waals surface area contributed by atoms with Gasteiger partial charge in [0.05, 0.1) is 6.54 Å². The topological polar surface area (TPSA) is 33.2 Å². The van der Waals surface area contributed by atoms with Crippen LogP contribution in [-0.2, 0) is 0 Å². The quantitative estimate of drug-likeness (QED) is 0.721. The minimum absolute atomic E-state index is 0.00523. The minimum atomic E-state index is -2.61. The SMILES string of the molecule is CN(CC(F)F)C(=O)c1ccnc(F)c1. The Kier molecular flexibility index (Phi) is 3.65. The van der Waals surface area contributed by atoms with Gasteiger partial charge in [-0.15, -0.1) is 0 Å². The number of rotatable bonds is 3. The Bertz CT molecular complexity index is 357. The third kappa shape index (κ3) is 3.23. The van der Waals surface area contributed by atoms with Crippen molar-refractivity contribution in [3.63, 3.8) is 0 Å². The van der Waals surface area contributed by atoms with Gasteiger partial charge < -0.3 is 4.90 Å². The second-order valence-electron chi connectivity index (χ2n) is 2.94. The molecule has 15 heavy (non-hydrogen) atoms. The largest absolute Gasteiger partial charge is 0.336 e. The van der Waals surface area contributed by atoms with E-state index in [9.17, 15) is 18.0 Å². The summed E-state index contributed by atoms with van der Waals surface area (Å²) in [6.45, 7) is -0.678. The zero-order chi connectivity index (χ0) is 11.4. The van der Waals surface area contributed by atoms with E-state index in [4.69, 9.17) is 0 Å². The maximum atomic E-state index is 12.6. The molecule has 0 unspecified atom stereocenters. The molecule has 6 heteroatoms. The van der Waals surface area contributed by atoms with Crippen LogP contribution >= 0.6 is 0 Å². The first kappa shape index (κ1) is 11.5. The highest BCUT2D eigenvalue weighted by molar-refractivity contribution is 5.93. The van der Waals surface area contributed by atoms with E-state index >= 15 is 0 Å². The number of carbonyl (C=O) groups excluding carboxylic acids is 1. The molecule has 0 aliphatic rings. The Hall–Kier alpha value is -1.59. The van der Waals surface area contributed by atoms with Crippen LogP contribution in [0.4, 0.5) is 13.2 Å². The highest BCUT2D eigenvalue weighted by Gasteiger charge is 2.16. The fraction of sp³-hybridized carbons (Fsp3) is 0.333. The second-order valence-corrected chi connectivity index (χ2v) is 2.94. The summed E-state index contributed by atoms with van der Waals surface area (Å²) in [7, 11) is 1.23. The van der Waals surface area contributed by atoms with Gasteiger partial charge in [-0.3, -0.25) is 4.79 Å². The van der Waals surface area contributed by atoms with Gasteiger partial charge in [0, 0.05) is 24.9 Å². The van der Waals surface area contributed by atoms with Crippen LogP contribution < -0.4 is 0 Å². The molecule has 82 valence electrons. The number of pyridine rings is 1. The molecular formula is C9H9F3N2O. The maximum Gasteiger partial charge on any atom is 0.255 e. The summed E-state index contributed by atoms with van der Waals surface area (Å²) >= 11 is 0. The van der Waals surface area contributed by atoms with Gasteiger partial charge in [0.2, 0.25) is 5.95 Å². The summed E-state index contributed by atoms with van der Waals surface area (Å²) in [5.41, 5.74) is 0.00523. The average molecular weight is 218 g/mol. The summed E-state index contributed by atoms with van der Waals surface area (Å²) in [5.74, 6) is -1.47. The van der Waals surface area contributed by atoms with Crippen LogP contribution in [0.25, 0.3) is 0 Å². The summed E-state index contributed by atoms with van der Waals surface area (Å²) in [4.78, 5) is 15.5. The van der Waals surface area contributed by atoms with Crippen LogP contribution in [0.3, 0.4) is 0 Å². The molecule has 0 atom stereocenters. The molecular weight excluding hydrogens is 209 g/mol. The van der Waals surface area contributed by atoms with Crippen LogP contribution in [0, 0.1) is 5.95 Å². The average Bonchev–Trinajstić information content (AvgIpc) is 2.15. The van der Waals surface area contributed by atoms with E-state index in [-0.39, 0.29) is 5.56 Å².